The van der Waals surface area contributed by atoms with Gasteiger partial charge in [0.1, 0.15) is 11.5 Å². The fourth-order valence-corrected chi connectivity index (χ4v) is 5.22. The first kappa shape index (κ1) is 19.6. The standard InChI is InChI=1S/C19H23N3O3S2/c1-11-12(2)27-18(16(11)17(20)24)21-15(23)10-22(13-6-3-4-7-13)19(25)14-8-5-9-26-14/h5,8-9,13H,3-4,6-7,10H2,1-2H3,(H2,20,24)(H,21,23). The van der Waals surface area contributed by atoms with Crippen LogP contribution in [0.4, 0.5) is 5.00 Å². The third-order valence-electron chi connectivity index (χ3n) is 4.96. The van der Waals surface area contributed by atoms with E-state index in [0.717, 1.165) is 36.1 Å². The Bertz CT molecular complexity index is 852. The topological polar surface area (TPSA) is 92.5 Å². The van der Waals surface area contributed by atoms with Crippen LogP contribution >= 0.6 is 22.7 Å². The predicted molar refractivity (Wildman–Crippen MR) is 109 cm³/mol. The SMILES string of the molecule is Cc1sc(NC(=O)CN(C(=O)c2cccs2)C2CCCC2)c(C(N)=O)c1C. The number of carbonyl (C=O) groups is 3. The van der Waals surface area contributed by atoms with Gasteiger partial charge in [-0.25, -0.2) is 0 Å². The van der Waals surface area contributed by atoms with Crippen molar-refractivity contribution in [3.8, 4) is 0 Å². The smallest absolute Gasteiger partial charge is 0.264 e. The number of anilines is 1. The minimum Gasteiger partial charge on any atom is -0.365 e. The van der Waals surface area contributed by atoms with E-state index in [0.29, 0.717) is 15.4 Å². The number of rotatable bonds is 6. The Balaban J connectivity index is 1.78. The van der Waals surface area contributed by atoms with Gasteiger partial charge in [-0.15, -0.1) is 22.7 Å². The van der Waals surface area contributed by atoms with E-state index < -0.39 is 5.91 Å². The molecule has 0 atom stereocenters. The lowest BCUT2D eigenvalue weighted by Gasteiger charge is -2.28. The van der Waals surface area contributed by atoms with Crippen molar-refractivity contribution in [3.05, 3.63) is 38.4 Å². The molecule has 0 aliphatic heterocycles. The van der Waals surface area contributed by atoms with E-state index >= 15 is 0 Å². The number of nitrogens with one attached hydrogen (secondary N) is 1. The lowest BCUT2D eigenvalue weighted by Crippen LogP contribution is -2.43. The van der Waals surface area contributed by atoms with E-state index in [4.69, 9.17) is 5.73 Å². The first-order valence-corrected chi connectivity index (χ1v) is 10.6. The van der Waals surface area contributed by atoms with Gasteiger partial charge >= 0.3 is 0 Å². The van der Waals surface area contributed by atoms with Crippen LogP contribution in [0.15, 0.2) is 17.5 Å². The van der Waals surface area contributed by atoms with Gasteiger partial charge in [0.05, 0.1) is 10.4 Å². The van der Waals surface area contributed by atoms with E-state index in [1.807, 2.05) is 25.3 Å². The minimum absolute atomic E-state index is 0.0321. The summed E-state index contributed by atoms with van der Waals surface area (Å²) in [5, 5.41) is 5.11. The molecule has 2 heterocycles. The zero-order chi connectivity index (χ0) is 19.6. The number of primary amides is 1. The molecule has 27 heavy (non-hydrogen) atoms. The molecule has 3 N–H and O–H groups in total. The van der Waals surface area contributed by atoms with Crippen molar-refractivity contribution < 1.29 is 14.4 Å². The van der Waals surface area contributed by atoms with Gasteiger partial charge < -0.3 is 16.0 Å². The molecule has 0 spiro atoms. The molecule has 0 saturated heterocycles. The summed E-state index contributed by atoms with van der Waals surface area (Å²) in [6.07, 6.45) is 3.95. The molecule has 144 valence electrons. The van der Waals surface area contributed by atoms with Crippen LogP contribution in [0.3, 0.4) is 0 Å². The average Bonchev–Trinajstić information content (AvgIpc) is 3.35. The summed E-state index contributed by atoms with van der Waals surface area (Å²) >= 11 is 2.71. The molecule has 1 saturated carbocycles. The Morgan fingerprint density at radius 2 is 1.96 bits per heavy atom. The lowest BCUT2D eigenvalue weighted by atomic mass is 10.1. The highest BCUT2D eigenvalue weighted by Crippen LogP contribution is 2.32. The molecule has 0 unspecified atom stereocenters. The van der Waals surface area contributed by atoms with E-state index in [2.05, 4.69) is 5.32 Å². The minimum atomic E-state index is -0.561. The molecule has 1 aliphatic rings. The number of hydrogen-bond donors (Lipinski definition) is 2. The largest absolute Gasteiger partial charge is 0.365 e. The first-order valence-electron chi connectivity index (χ1n) is 8.92. The number of carbonyl (C=O) groups excluding carboxylic acids is 3. The predicted octanol–water partition coefficient (Wildman–Crippen LogP) is 3.55. The maximum atomic E-state index is 12.9. The van der Waals surface area contributed by atoms with Gasteiger partial charge in [-0.3, -0.25) is 14.4 Å². The van der Waals surface area contributed by atoms with Gasteiger partial charge in [0.15, 0.2) is 0 Å². The molecule has 8 heteroatoms. The third kappa shape index (κ3) is 4.22. The number of amides is 3. The number of nitrogens with two attached hydrogens (primary N) is 1. The van der Waals surface area contributed by atoms with Crippen molar-refractivity contribution in [2.45, 2.75) is 45.6 Å². The van der Waals surface area contributed by atoms with Crippen LogP contribution in [0.1, 0.15) is 56.2 Å². The maximum absolute atomic E-state index is 12.9. The zero-order valence-corrected chi connectivity index (χ0v) is 17.0. The molecule has 1 aliphatic carbocycles. The fraction of sp³-hybridized carbons (Fsp3) is 0.421. The molecule has 3 amide bonds. The molecule has 1 fully saturated rings. The van der Waals surface area contributed by atoms with Gasteiger partial charge in [-0.05, 0) is 43.7 Å². The quantitative estimate of drug-likeness (QED) is 0.770. The summed E-state index contributed by atoms with van der Waals surface area (Å²) in [5.41, 5.74) is 6.60. The molecule has 0 radical (unpaired) electrons. The van der Waals surface area contributed by atoms with Crippen LogP contribution in [0, 0.1) is 13.8 Å². The molecule has 2 aromatic heterocycles. The van der Waals surface area contributed by atoms with Crippen LogP contribution in [0.2, 0.25) is 0 Å². The molecule has 3 rings (SSSR count). The van der Waals surface area contributed by atoms with E-state index in [1.165, 1.54) is 22.7 Å². The Hall–Kier alpha value is -2.19. The first-order chi connectivity index (χ1) is 12.9. The monoisotopic (exact) mass is 405 g/mol. The molecular weight excluding hydrogens is 382 g/mol. The van der Waals surface area contributed by atoms with Crippen LogP contribution in [-0.2, 0) is 4.79 Å². The van der Waals surface area contributed by atoms with Crippen molar-refractivity contribution in [2.75, 3.05) is 11.9 Å². The summed E-state index contributed by atoms with van der Waals surface area (Å²) in [7, 11) is 0. The van der Waals surface area contributed by atoms with Gasteiger partial charge in [0.2, 0.25) is 5.91 Å². The van der Waals surface area contributed by atoms with Gasteiger partial charge in [-0.1, -0.05) is 18.9 Å². The highest BCUT2D eigenvalue weighted by molar-refractivity contribution is 7.16. The van der Waals surface area contributed by atoms with Crippen molar-refractivity contribution in [3.63, 3.8) is 0 Å². The van der Waals surface area contributed by atoms with Crippen LogP contribution in [0.5, 0.6) is 0 Å². The van der Waals surface area contributed by atoms with Crippen LogP contribution < -0.4 is 11.1 Å². The van der Waals surface area contributed by atoms with Crippen molar-refractivity contribution in [1.29, 1.82) is 0 Å². The van der Waals surface area contributed by atoms with Crippen molar-refractivity contribution in [1.82, 2.24) is 4.90 Å². The second-order valence-electron chi connectivity index (χ2n) is 6.75. The Kier molecular flexibility index (Phi) is 5.96. The number of nitrogens with zero attached hydrogens (tertiary/aromatic N) is 1. The summed E-state index contributed by atoms with van der Waals surface area (Å²) in [6, 6.07) is 3.69. The second kappa shape index (κ2) is 8.22. The van der Waals surface area contributed by atoms with Crippen LogP contribution in [0.25, 0.3) is 0 Å². The zero-order valence-electron chi connectivity index (χ0n) is 15.4. The van der Waals surface area contributed by atoms with Gasteiger partial charge in [0.25, 0.3) is 11.8 Å². The number of aryl methyl sites for hydroxylation is 1. The second-order valence-corrected chi connectivity index (χ2v) is 8.92. The normalized spacial score (nSPS) is 14.3. The van der Waals surface area contributed by atoms with E-state index in [9.17, 15) is 14.4 Å². The van der Waals surface area contributed by atoms with E-state index in [1.54, 1.807) is 11.0 Å². The molecular formula is C19H23N3O3S2. The molecule has 6 nitrogen and oxygen atoms in total. The van der Waals surface area contributed by atoms with Gasteiger partial charge in [-0.2, -0.15) is 0 Å². The molecule has 0 bridgehead atoms. The summed E-state index contributed by atoms with van der Waals surface area (Å²) in [4.78, 5) is 40.6. The van der Waals surface area contributed by atoms with E-state index in [-0.39, 0.29) is 24.4 Å². The molecule has 2 aromatic rings. The Morgan fingerprint density at radius 1 is 1.26 bits per heavy atom. The van der Waals surface area contributed by atoms with Crippen molar-refractivity contribution >= 4 is 45.4 Å². The summed E-state index contributed by atoms with van der Waals surface area (Å²) < 4.78 is 0. The molecule has 0 aromatic carbocycles. The fourth-order valence-electron chi connectivity index (χ4n) is 3.46. The van der Waals surface area contributed by atoms with Crippen LogP contribution in [-0.4, -0.2) is 35.2 Å². The van der Waals surface area contributed by atoms with Gasteiger partial charge in [0, 0.05) is 10.9 Å². The average molecular weight is 406 g/mol. The Labute approximate surface area is 166 Å². The highest BCUT2D eigenvalue weighted by Gasteiger charge is 2.30. The highest BCUT2D eigenvalue weighted by atomic mass is 32.1. The van der Waals surface area contributed by atoms with Crippen molar-refractivity contribution in [2.24, 2.45) is 5.73 Å². The number of thiophene rings is 2. The summed E-state index contributed by atoms with van der Waals surface area (Å²) in [5.74, 6) is -0.981. The lowest BCUT2D eigenvalue weighted by molar-refractivity contribution is -0.117. The third-order valence-corrected chi connectivity index (χ3v) is 6.94. The maximum Gasteiger partial charge on any atom is 0.264 e. The Morgan fingerprint density at radius 3 is 2.56 bits per heavy atom. The number of hydrogen-bond acceptors (Lipinski definition) is 5. The summed E-state index contributed by atoms with van der Waals surface area (Å²) in [6.45, 7) is 3.66.